The topological polar surface area (TPSA) is 50.9 Å². The van der Waals surface area contributed by atoms with E-state index in [2.05, 4.69) is 57.8 Å². The van der Waals surface area contributed by atoms with Crippen LogP contribution in [0.15, 0.2) is 42.2 Å². The van der Waals surface area contributed by atoms with Crippen molar-refractivity contribution < 1.29 is 5.11 Å². The fourth-order valence-corrected chi connectivity index (χ4v) is 4.35. The zero-order valence-corrected chi connectivity index (χ0v) is 16.9. The molecule has 0 unspecified atom stereocenters. The predicted octanol–water partition coefficient (Wildman–Crippen LogP) is 5.98. The summed E-state index contributed by atoms with van der Waals surface area (Å²) in [5.74, 6) is 0.264. The van der Waals surface area contributed by atoms with Gasteiger partial charge in [0.1, 0.15) is 22.5 Å². The van der Waals surface area contributed by atoms with Crippen LogP contribution in [0, 0.1) is 16.2 Å². The Morgan fingerprint density at radius 2 is 1.50 bits per heavy atom. The molecule has 0 spiro atoms. The minimum Gasteiger partial charge on any atom is -0.506 e. The van der Waals surface area contributed by atoms with Gasteiger partial charge in [0.25, 0.3) is 0 Å². The molecule has 1 aliphatic rings. The lowest BCUT2D eigenvalue weighted by Crippen LogP contribution is -2.48. The molecule has 1 heterocycles. The van der Waals surface area contributed by atoms with Crippen molar-refractivity contribution >= 4 is 16.7 Å². The van der Waals surface area contributed by atoms with Crippen molar-refractivity contribution in [2.75, 3.05) is 0 Å². The average Bonchev–Trinajstić information content (AvgIpc) is 3.05. The number of hydrogen-bond donors (Lipinski definition) is 1. The molecule has 1 aliphatic carbocycles. The first-order chi connectivity index (χ1) is 12.2. The second kappa shape index (κ2) is 6.26. The Morgan fingerprint density at radius 3 is 1.96 bits per heavy atom. The number of aliphatic hydroxyl groups is 1. The molecular weight excluding hydrogens is 322 g/mol. The van der Waals surface area contributed by atoms with E-state index < -0.39 is 0 Å². The molecule has 3 rings (SSSR count). The molecule has 140 valence electrons. The van der Waals surface area contributed by atoms with Crippen LogP contribution < -0.4 is 0 Å². The average molecular weight is 354 g/mol. The zero-order chi connectivity index (χ0) is 19.2. The summed E-state index contributed by atoms with van der Waals surface area (Å²) in [5, 5.41) is 19.9. The molecule has 1 aromatic heterocycles. The highest BCUT2D eigenvalue weighted by atomic mass is 16.3. The van der Waals surface area contributed by atoms with Crippen molar-refractivity contribution in [1.82, 2.24) is 15.0 Å². The third-order valence-corrected chi connectivity index (χ3v) is 6.95. The van der Waals surface area contributed by atoms with Gasteiger partial charge in [0.15, 0.2) is 0 Å². The molecule has 0 atom stereocenters. The van der Waals surface area contributed by atoms with Gasteiger partial charge in [0.2, 0.25) is 0 Å². The van der Waals surface area contributed by atoms with Crippen molar-refractivity contribution in [3.05, 3.63) is 42.2 Å². The maximum Gasteiger partial charge on any atom is 0.138 e. The maximum absolute atomic E-state index is 10.6. The van der Waals surface area contributed by atoms with Gasteiger partial charge in [-0.25, -0.2) is 0 Å². The van der Waals surface area contributed by atoms with Crippen LogP contribution in [0.3, 0.4) is 0 Å². The summed E-state index contributed by atoms with van der Waals surface area (Å²) in [6.45, 7) is 13.8. The highest BCUT2D eigenvalue weighted by Crippen LogP contribution is 2.60. The lowest BCUT2D eigenvalue weighted by atomic mass is 9.49. The van der Waals surface area contributed by atoms with Crippen molar-refractivity contribution in [3.8, 4) is 0 Å². The van der Waals surface area contributed by atoms with Crippen molar-refractivity contribution in [2.24, 2.45) is 16.2 Å². The maximum atomic E-state index is 10.6. The second-order valence-electron chi connectivity index (χ2n) is 8.75. The lowest BCUT2D eigenvalue weighted by molar-refractivity contribution is -0.0127. The van der Waals surface area contributed by atoms with Crippen LogP contribution in [0.1, 0.15) is 60.8 Å². The van der Waals surface area contributed by atoms with Gasteiger partial charge in [-0.15, -0.1) is 15.0 Å². The molecule has 0 saturated heterocycles. The Bertz CT molecular complexity index is 821. The summed E-state index contributed by atoms with van der Waals surface area (Å²) in [5.41, 5.74) is 2.41. The molecule has 0 fully saturated rings. The standard InChI is InChI=1S/C22H31N3O/c1-7-20(3,4)22(21(5,6)8-2)14-13-19(26)18(15-22)25-23-16-11-9-10-12-17(16)24-25/h9-13,15,26H,7-8,14H2,1-6H3. The molecule has 4 nitrogen and oxygen atoms in total. The quantitative estimate of drug-likeness (QED) is 0.719. The molecule has 0 amide bonds. The smallest absolute Gasteiger partial charge is 0.138 e. The number of aliphatic hydroxyl groups excluding tert-OH is 1. The second-order valence-corrected chi connectivity index (χ2v) is 8.75. The summed E-state index contributed by atoms with van der Waals surface area (Å²) in [7, 11) is 0. The first-order valence-electron chi connectivity index (χ1n) is 9.62. The van der Waals surface area contributed by atoms with Crippen molar-refractivity contribution in [2.45, 2.75) is 60.8 Å². The Labute approximate surface area is 156 Å². The zero-order valence-electron chi connectivity index (χ0n) is 16.9. The molecule has 1 N–H and O–H groups in total. The predicted molar refractivity (Wildman–Crippen MR) is 108 cm³/mol. The third kappa shape index (κ3) is 2.67. The number of aromatic nitrogens is 3. The monoisotopic (exact) mass is 353 g/mol. The molecule has 26 heavy (non-hydrogen) atoms. The summed E-state index contributed by atoms with van der Waals surface area (Å²) in [6.07, 6.45) is 7.14. The van der Waals surface area contributed by atoms with Gasteiger partial charge in [0, 0.05) is 5.41 Å². The lowest BCUT2D eigenvalue weighted by Gasteiger charge is -2.55. The SMILES string of the molecule is CCC(C)(C)C1(C(C)(C)CC)C=C(n2nc3ccccc3n2)C(O)=CC1. The van der Waals surface area contributed by atoms with E-state index in [0.29, 0.717) is 5.70 Å². The van der Waals surface area contributed by atoms with E-state index in [1.165, 1.54) is 0 Å². The molecule has 0 radical (unpaired) electrons. The number of rotatable bonds is 5. The van der Waals surface area contributed by atoms with Crippen molar-refractivity contribution in [3.63, 3.8) is 0 Å². The summed E-state index contributed by atoms with van der Waals surface area (Å²) < 4.78 is 0. The largest absolute Gasteiger partial charge is 0.506 e. The molecular formula is C22H31N3O. The van der Waals surface area contributed by atoms with E-state index in [1.54, 1.807) is 4.80 Å². The third-order valence-electron chi connectivity index (χ3n) is 6.95. The van der Waals surface area contributed by atoms with E-state index >= 15 is 0 Å². The molecule has 4 heteroatoms. The Kier molecular flexibility index (Phi) is 4.50. The number of nitrogens with zero attached hydrogens (tertiary/aromatic N) is 3. The summed E-state index contributed by atoms with van der Waals surface area (Å²) in [4.78, 5) is 1.60. The van der Waals surface area contributed by atoms with Gasteiger partial charge in [-0.05, 0) is 41.5 Å². The van der Waals surface area contributed by atoms with E-state index in [0.717, 1.165) is 30.3 Å². The molecule has 0 aliphatic heterocycles. The van der Waals surface area contributed by atoms with Gasteiger partial charge in [-0.2, -0.15) is 0 Å². The van der Waals surface area contributed by atoms with Crippen LogP contribution in [-0.2, 0) is 0 Å². The minimum absolute atomic E-state index is 0.0710. The van der Waals surface area contributed by atoms with Gasteiger partial charge in [-0.3, -0.25) is 0 Å². The Balaban J connectivity index is 2.22. The van der Waals surface area contributed by atoms with Crippen LogP contribution in [0.25, 0.3) is 16.7 Å². The molecule has 0 bridgehead atoms. The van der Waals surface area contributed by atoms with E-state index in [4.69, 9.17) is 0 Å². The van der Waals surface area contributed by atoms with Crippen LogP contribution in [0.4, 0.5) is 0 Å². The van der Waals surface area contributed by atoms with E-state index in [9.17, 15) is 5.11 Å². The number of fused-ring (bicyclic) bond motifs is 1. The Morgan fingerprint density at radius 1 is 1.00 bits per heavy atom. The van der Waals surface area contributed by atoms with Gasteiger partial charge < -0.3 is 5.11 Å². The highest BCUT2D eigenvalue weighted by Gasteiger charge is 2.52. The summed E-state index contributed by atoms with van der Waals surface area (Å²) >= 11 is 0. The number of benzene rings is 1. The van der Waals surface area contributed by atoms with Gasteiger partial charge >= 0.3 is 0 Å². The molecule has 0 saturated carbocycles. The van der Waals surface area contributed by atoms with Crippen molar-refractivity contribution in [1.29, 1.82) is 0 Å². The van der Waals surface area contributed by atoms with Gasteiger partial charge in [0.05, 0.1) is 0 Å². The van der Waals surface area contributed by atoms with Crippen LogP contribution in [0.5, 0.6) is 0 Å². The Hall–Kier alpha value is -2.10. The summed E-state index contributed by atoms with van der Waals surface area (Å²) in [6, 6.07) is 7.80. The first kappa shape index (κ1) is 18.7. The molecule has 2 aromatic rings. The first-order valence-corrected chi connectivity index (χ1v) is 9.62. The van der Waals surface area contributed by atoms with Gasteiger partial charge in [-0.1, -0.05) is 66.5 Å². The minimum atomic E-state index is -0.0924. The normalized spacial score (nSPS) is 17.9. The fourth-order valence-electron chi connectivity index (χ4n) is 4.35. The van der Waals surface area contributed by atoms with E-state index in [-0.39, 0.29) is 22.0 Å². The number of allylic oxidation sites excluding steroid dienone is 3. The van der Waals surface area contributed by atoms with Crippen LogP contribution in [0.2, 0.25) is 0 Å². The van der Waals surface area contributed by atoms with Crippen LogP contribution in [-0.4, -0.2) is 20.1 Å². The highest BCUT2D eigenvalue weighted by molar-refractivity contribution is 5.75. The number of hydrogen-bond acceptors (Lipinski definition) is 3. The fraction of sp³-hybridized carbons (Fsp3) is 0.545. The molecule has 1 aromatic carbocycles. The van der Waals surface area contributed by atoms with E-state index in [1.807, 2.05) is 30.3 Å². The van der Waals surface area contributed by atoms with Crippen LogP contribution >= 0.6 is 0 Å².